The topological polar surface area (TPSA) is 65.0 Å². The van der Waals surface area contributed by atoms with Crippen molar-refractivity contribution in [2.45, 2.75) is 12.3 Å². The van der Waals surface area contributed by atoms with Gasteiger partial charge in [0.05, 0.1) is 38.8 Å². The lowest BCUT2D eigenvalue weighted by molar-refractivity contribution is -0.155. The van der Waals surface area contributed by atoms with Crippen LogP contribution in [-0.2, 0) is 14.9 Å². The number of carbonyl (C=O) groups is 1. The third-order valence-corrected chi connectivity index (χ3v) is 3.84. The average Bonchev–Trinajstić information content (AvgIpc) is 2.36. The van der Waals surface area contributed by atoms with Crippen LogP contribution < -0.4 is 9.47 Å². The van der Waals surface area contributed by atoms with Crippen molar-refractivity contribution in [3.05, 3.63) is 23.8 Å². The van der Waals surface area contributed by atoms with Gasteiger partial charge in [0.2, 0.25) is 0 Å². The molecule has 0 spiro atoms. The highest BCUT2D eigenvalue weighted by molar-refractivity contribution is 5.72. The Morgan fingerprint density at radius 3 is 2.11 bits per heavy atom. The van der Waals surface area contributed by atoms with Crippen molar-refractivity contribution in [2.24, 2.45) is 5.92 Å². The molecule has 1 aromatic carbocycles. The minimum Gasteiger partial charge on any atom is -0.497 e. The normalized spacial score (nSPS) is 18.3. The summed E-state index contributed by atoms with van der Waals surface area (Å²) in [5, 5.41) is 9.28. The highest BCUT2D eigenvalue weighted by Crippen LogP contribution is 2.42. The molecular formula is C14H18O5. The van der Waals surface area contributed by atoms with Crippen molar-refractivity contribution in [3.63, 3.8) is 0 Å². The van der Waals surface area contributed by atoms with Gasteiger partial charge in [0.15, 0.2) is 0 Å². The minimum atomic E-state index is -0.829. The van der Waals surface area contributed by atoms with Crippen LogP contribution in [-0.4, -0.2) is 38.5 Å². The quantitative estimate of drug-likeness (QED) is 0.878. The van der Waals surface area contributed by atoms with Gasteiger partial charge in [-0.3, -0.25) is 4.79 Å². The zero-order valence-electron chi connectivity index (χ0n) is 11.3. The van der Waals surface area contributed by atoms with Crippen LogP contribution in [0.15, 0.2) is 18.2 Å². The van der Waals surface area contributed by atoms with Crippen LogP contribution in [0, 0.1) is 5.92 Å². The Bertz CT molecular complexity index is 456. The molecule has 0 bridgehead atoms. The van der Waals surface area contributed by atoms with Gasteiger partial charge < -0.3 is 19.3 Å². The smallest absolute Gasteiger partial charge is 0.307 e. The van der Waals surface area contributed by atoms with Crippen LogP contribution in [0.25, 0.3) is 0 Å². The van der Waals surface area contributed by atoms with Gasteiger partial charge >= 0.3 is 5.97 Å². The summed E-state index contributed by atoms with van der Waals surface area (Å²) in [5.74, 6) is -0.0559. The zero-order chi connectivity index (χ0) is 14.0. The average molecular weight is 266 g/mol. The summed E-state index contributed by atoms with van der Waals surface area (Å²) in [7, 11) is 3.15. The molecule has 1 unspecified atom stereocenters. The molecule has 0 saturated carbocycles. The van der Waals surface area contributed by atoms with Crippen molar-refractivity contribution in [1.82, 2.24) is 0 Å². The van der Waals surface area contributed by atoms with E-state index in [4.69, 9.17) is 14.2 Å². The summed E-state index contributed by atoms with van der Waals surface area (Å²) in [4.78, 5) is 11.3. The fraction of sp³-hybridized carbons (Fsp3) is 0.500. The van der Waals surface area contributed by atoms with E-state index in [9.17, 15) is 9.90 Å². The lowest BCUT2D eigenvalue weighted by Gasteiger charge is -2.44. The molecule has 1 N–H and O–H groups in total. The summed E-state index contributed by atoms with van der Waals surface area (Å²) < 4.78 is 15.7. The second-order valence-corrected chi connectivity index (χ2v) is 4.81. The molecule has 1 saturated heterocycles. The van der Waals surface area contributed by atoms with Crippen molar-refractivity contribution in [1.29, 1.82) is 0 Å². The molecule has 104 valence electrons. The molecule has 5 nitrogen and oxygen atoms in total. The van der Waals surface area contributed by atoms with Crippen LogP contribution in [0.5, 0.6) is 11.5 Å². The van der Waals surface area contributed by atoms with Gasteiger partial charge in [-0.15, -0.1) is 0 Å². The van der Waals surface area contributed by atoms with Crippen molar-refractivity contribution in [2.75, 3.05) is 27.4 Å². The molecule has 1 heterocycles. The molecule has 0 amide bonds. The number of carboxylic acids is 1. The predicted octanol–water partition coefficient (Wildman–Crippen LogP) is 1.69. The largest absolute Gasteiger partial charge is 0.497 e. The Morgan fingerprint density at radius 1 is 1.26 bits per heavy atom. The van der Waals surface area contributed by atoms with Gasteiger partial charge in [0, 0.05) is 6.07 Å². The molecule has 0 radical (unpaired) electrons. The van der Waals surface area contributed by atoms with Gasteiger partial charge in [0.25, 0.3) is 0 Å². The zero-order valence-corrected chi connectivity index (χ0v) is 11.3. The van der Waals surface area contributed by atoms with Crippen LogP contribution in [0.4, 0.5) is 0 Å². The van der Waals surface area contributed by atoms with Crippen molar-refractivity contribution >= 4 is 5.97 Å². The van der Waals surface area contributed by atoms with Crippen molar-refractivity contribution in [3.8, 4) is 11.5 Å². The molecular weight excluding hydrogens is 248 g/mol. The molecule has 1 fully saturated rings. The van der Waals surface area contributed by atoms with Gasteiger partial charge in [0.1, 0.15) is 11.5 Å². The molecule has 2 rings (SSSR count). The first-order chi connectivity index (χ1) is 9.03. The number of ether oxygens (including phenoxy) is 3. The molecule has 1 aliphatic heterocycles. The van der Waals surface area contributed by atoms with E-state index in [1.807, 2.05) is 12.1 Å². The number of carboxylic acid groups (broad SMARTS) is 1. The maximum atomic E-state index is 11.3. The van der Waals surface area contributed by atoms with E-state index in [1.165, 1.54) is 0 Å². The van der Waals surface area contributed by atoms with E-state index >= 15 is 0 Å². The summed E-state index contributed by atoms with van der Waals surface area (Å²) >= 11 is 0. The Morgan fingerprint density at radius 2 is 1.79 bits per heavy atom. The van der Waals surface area contributed by atoms with Gasteiger partial charge in [-0.25, -0.2) is 0 Å². The number of hydrogen-bond donors (Lipinski definition) is 1. The Kier molecular flexibility index (Phi) is 3.66. The number of methoxy groups -OCH3 is 2. The Hall–Kier alpha value is -1.75. The van der Waals surface area contributed by atoms with Gasteiger partial charge in [-0.05, 0) is 17.7 Å². The lowest BCUT2D eigenvalue weighted by atomic mass is 9.69. The van der Waals surface area contributed by atoms with Crippen LogP contribution in [0.3, 0.4) is 0 Å². The van der Waals surface area contributed by atoms with Crippen molar-refractivity contribution < 1.29 is 24.1 Å². The summed E-state index contributed by atoms with van der Waals surface area (Å²) in [5.41, 5.74) is 0.373. The summed E-state index contributed by atoms with van der Waals surface area (Å²) in [6.45, 7) is 2.50. The number of benzene rings is 1. The molecule has 19 heavy (non-hydrogen) atoms. The van der Waals surface area contributed by atoms with Crippen LogP contribution in [0.2, 0.25) is 0 Å². The lowest BCUT2D eigenvalue weighted by Crippen LogP contribution is -2.53. The van der Waals surface area contributed by atoms with E-state index in [0.717, 1.165) is 5.56 Å². The monoisotopic (exact) mass is 266 g/mol. The highest BCUT2D eigenvalue weighted by atomic mass is 16.5. The Balaban J connectivity index is 2.46. The minimum absolute atomic E-state index is 0.400. The summed E-state index contributed by atoms with van der Waals surface area (Å²) in [6.07, 6.45) is 0. The number of aliphatic carboxylic acids is 1. The first-order valence-electron chi connectivity index (χ1n) is 6.07. The predicted molar refractivity (Wildman–Crippen MR) is 68.8 cm³/mol. The first kappa shape index (κ1) is 13.7. The maximum Gasteiger partial charge on any atom is 0.307 e. The van der Waals surface area contributed by atoms with Crippen LogP contribution in [0.1, 0.15) is 12.5 Å². The number of hydrogen-bond acceptors (Lipinski definition) is 4. The second kappa shape index (κ2) is 5.09. The second-order valence-electron chi connectivity index (χ2n) is 4.81. The fourth-order valence-electron chi connectivity index (χ4n) is 2.32. The molecule has 0 aromatic heterocycles. The fourth-order valence-corrected chi connectivity index (χ4v) is 2.32. The summed E-state index contributed by atoms with van der Waals surface area (Å²) in [6, 6.07) is 5.47. The molecule has 1 aromatic rings. The Labute approximate surface area is 112 Å². The SMILES string of the molecule is COc1cc(OC)cc(C2(C(C)C(=O)O)COC2)c1. The molecule has 5 heteroatoms. The molecule has 1 aliphatic rings. The van der Waals surface area contributed by atoms with E-state index in [-0.39, 0.29) is 0 Å². The van der Waals surface area contributed by atoms with Crippen LogP contribution >= 0.6 is 0 Å². The van der Waals surface area contributed by atoms with Gasteiger partial charge in [-0.1, -0.05) is 6.92 Å². The number of rotatable bonds is 5. The van der Waals surface area contributed by atoms with Gasteiger partial charge in [-0.2, -0.15) is 0 Å². The van der Waals surface area contributed by atoms with E-state index in [2.05, 4.69) is 0 Å². The van der Waals surface area contributed by atoms with E-state index < -0.39 is 17.3 Å². The molecule has 0 aliphatic carbocycles. The first-order valence-corrected chi connectivity index (χ1v) is 6.07. The van der Waals surface area contributed by atoms with E-state index in [0.29, 0.717) is 24.7 Å². The third-order valence-electron chi connectivity index (χ3n) is 3.84. The van der Waals surface area contributed by atoms with E-state index in [1.54, 1.807) is 27.2 Å². The molecule has 1 atom stereocenters. The highest BCUT2D eigenvalue weighted by Gasteiger charge is 2.48. The maximum absolute atomic E-state index is 11.3. The third kappa shape index (κ3) is 2.26. The standard InChI is InChI=1S/C14H18O5/c1-9(13(15)16)14(7-19-8-14)10-4-11(17-2)6-12(5-10)18-3/h4-6,9H,7-8H2,1-3H3,(H,15,16).